The van der Waals surface area contributed by atoms with E-state index in [-0.39, 0.29) is 30.2 Å². The largest absolute Gasteiger partial charge is 0.480 e. The van der Waals surface area contributed by atoms with Gasteiger partial charge in [-0.3, -0.25) is 14.5 Å². The fraction of sp³-hybridized carbons (Fsp3) is 0.348. The standard InChI is InChI=1S/C23H26ClN3O6S/c1-23(2)21(30)27(22(31)26(23)3)14-4-5-19(20(28)29)25-34(32,33)18-12-8-16(9-13-18)15-6-10-17(24)11-7-15/h6-13,19,25H,4-5,14H2,1-3H3,(H,28,29)/t19-/m1/s1. The van der Waals surface area contributed by atoms with Crippen LogP contribution < -0.4 is 4.72 Å². The topological polar surface area (TPSA) is 124 Å². The first-order valence-electron chi connectivity index (χ1n) is 10.6. The molecule has 0 spiro atoms. The Hall–Kier alpha value is -2.95. The van der Waals surface area contributed by atoms with Gasteiger partial charge in [0.2, 0.25) is 10.0 Å². The highest BCUT2D eigenvalue weighted by atomic mass is 35.5. The Morgan fingerprint density at radius 3 is 2.06 bits per heavy atom. The Balaban J connectivity index is 1.65. The molecule has 0 aliphatic carbocycles. The molecule has 3 rings (SSSR count). The van der Waals surface area contributed by atoms with Gasteiger partial charge in [-0.15, -0.1) is 0 Å². The summed E-state index contributed by atoms with van der Waals surface area (Å²) in [6, 6.07) is 11.2. The predicted octanol–water partition coefficient (Wildman–Crippen LogP) is 3.19. The molecule has 11 heteroatoms. The first-order chi connectivity index (χ1) is 15.8. The summed E-state index contributed by atoms with van der Waals surface area (Å²) in [5.74, 6) is -1.73. The van der Waals surface area contributed by atoms with Crippen LogP contribution in [0.5, 0.6) is 0 Å². The minimum Gasteiger partial charge on any atom is -0.480 e. The fourth-order valence-electron chi connectivity index (χ4n) is 3.59. The van der Waals surface area contributed by atoms with E-state index in [2.05, 4.69) is 4.72 Å². The smallest absolute Gasteiger partial charge is 0.327 e. The maximum Gasteiger partial charge on any atom is 0.327 e. The molecule has 1 saturated heterocycles. The summed E-state index contributed by atoms with van der Waals surface area (Å²) in [4.78, 5) is 38.7. The SMILES string of the molecule is CN1C(=O)N(CCC[C@@H](NS(=O)(=O)c2ccc(-c3ccc(Cl)cc3)cc2)C(=O)O)C(=O)C1(C)C. The van der Waals surface area contributed by atoms with Crippen LogP contribution in [0.4, 0.5) is 4.79 Å². The van der Waals surface area contributed by atoms with Crippen molar-refractivity contribution in [3.05, 3.63) is 53.6 Å². The fourth-order valence-corrected chi connectivity index (χ4v) is 4.94. The zero-order chi connectivity index (χ0) is 25.3. The van der Waals surface area contributed by atoms with E-state index >= 15 is 0 Å². The van der Waals surface area contributed by atoms with Crippen LogP contribution in [-0.2, 0) is 19.6 Å². The van der Waals surface area contributed by atoms with Gasteiger partial charge in [0, 0.05) is 18.6 Å². The molecule has 1 atom stereocenters. The molecule has 0 unspecified atom stereocenters. The molecule has 2 aromatic carbocycles. The van der Waals surface area contributed by atoms with E-state index in [0.29, 0.717) is 5.02 Å². The molecular weight excluding hydrogens is 482 g/mol. The highest BCUT2D eigenvalue weighted by Crippen LogP contribution is 2.26. The van der Waals surface area contributed by atoms with Crippen molar-refractivity contribution < 1.29 is 27.9 Å². The van der Waals surface area contributed by atoms with Gasteiger partial charge in [0.05, 0.1) is 4.90 Å². The summed E-state index contributed by atoms with van der Waals surface area (Å²) < 4.78 is 27.8. The van der Waals surface area contributed by atoms with E-state index < -0.39 is 33.6 Å². The van der Waals surface area contributed by atoms with Gasteiger partial charge < -0.3 is 10.0 Å². The van der Waals surface area contributed by atoms with Gasteiger partial charge in [-0.25, -0.2) is 13.2 Å². The van der Waals surface area contributed by atoms with Crippen LogP contribution in [0.3, 0.4) is 0 Å². The summed E-state index contributed by atoms with van der Waals surface area (Å²) in [7, 11) is -2.60. The van der Waals surface area contributed by atoms with Crippen molar-refractivity contribution in [1.82, 2.24) is 14.5 Å². The van der Waals surface area contributed by atoms with E-state index in [0.717, 1.165) is 16.0 Å². The minimum atomic E-state index is -4.12. The number of hydrogen-bond donors (Lipinski definition) is 2. The number of rotatable bonds is 9. The molecule has 182 valence electrons. The molecule has 0 radical (unpaired) electrons. The van der Waals surface area contributed by atoms with E-state index in [1.54, 1.807) is 50.2 Å². The third-order valence-electron chi connectivity index (χ3n) is 5.94. The number of nitrogens with zero attached hydrogens (tertiary/aromatic N) is 2. The first-order valence-corrected chi connectivity index (χ1v) is 12.4. The number of amides is 3. The number of aliphatic carboxylic acids is 1. The Labute approximate surface area is 203 Å². The zero-order valence-corrected chi connectivity index (χ0v) is 20.6. The lowest BCUT2D eigenvalue weighted by Gasteiger charge is -2.22. The van der Waals surface area contributed by atoms with E-state index in [9.17, 15) is 27.9 Å². The molecule has 1 heterocycles. The lowest BCUT2D eigenvalue weighted by molar-refractivity contribution is -0.139. The maximum atomic E-state index is 12.8. The number of carbonyl (C=O) groups excluding carboxylic acids is 2. The molecule has 34 heavy (non-hydrogen) atoms. The summed E-state index contributed by atoms with van der Waals surface area (Å²) in [5.41, 5.74) is 0.644. The van der Waals surface area contributed by atoms with Gasteiger partial charge in [0.1, 0.15) is 11.6 Å². The molecule has 9 nitrogen and oxygen atoms in total. The van der Waals surface area contributed by atoms with Crippen LogP contribution in [0, 0.1) is 0 Å². The molecular formula is C23H26ClN3O6S. The normalized spacial score (nSPS) is 16.7. The highest BCUT2D eigenvalue weighted by molar-refractivity contribution is 7.89. The number of hydrogen-bond acceptors (Lipinski definition) is 5. The van der Waals surface area contributed by atoms with Crippen LogP contribution >= 0.6 is 11.6 Å². The predicted molar refractivity (Wildman–Crippen MR) is 127 cm³/mol. The van der Waals surface area contributed by atoms with E-state index in [4.69, 9.17) is 11.6 Å². The molecule has 0 aromatic heterocycles. The first kappa shape index (κ1) is 25.7. The van der Waals surface area contributed by atoms with Crippen molar-refractivity contribution in [2.45, 2.75) is 43.2 Å². The summed E-state index contributed by atoms with van der Waals surface area (Å²) >= 11 is 5.89. The second-order valence-corrected chi connectivity index (χ2v) is 10.7. The third kappa shape index (κ3) is 5.24. The number of halogens is 1. The Morgan fingerprint density at radius 1 is 1.06 bits per heavy atom. The van der Waals surface area contributed by atoms with Gasteiger partial charge in [-0.1, -0.05) is 35.9 Å². The van der Waals surface area contributed by atoms with Crippen LogP contribution in [0.25, 0.3) is 11.1 Å². The van der Waals surface area contributed by atoms with Gasteiger partial charge in [-0.05, 0) is 62.1 Å². The molecule has 2 aromatic rings. The summed E-state index contributed by atoms with van der Waals surface area (Å²) in [6.45, 7) is 3.24. The Morgan fingerprint density at radius 2 is 1.59 bits per heavy atom. The Kier molecular flexibility index (Phi) is 7.35. The molecule has 2 N–H and O–H groups in total. The van der Waals surface area contributed by atoms with E-state index in [1.165, 1.54) is 24.1 Å². The summed E-state index contributed by atoms with van der Waals surface area (Å²) in [6.07, 6.45) is 0.0228. The van der Waals surface area contributed by atoms with Crippen molar-refractivity contribution in [1.29, 1.82) is 0 Å². The van der Waals surface area contributed by atoms with Crippen molar-refractivity contribution in [2.24, 2.45) is 0 Å². The Bertz CT molecular complexity index is 1200. The molecule has 0 bridgehead atoms. The van der Waals surface area contributed by atoms with Crippen molar-refractivity contribution >= 4 is 39.5 Å². The number of urea groups is 1. The number of sulfonamides is 1. The zero-order valence-electron chi connectivity index (χ0n) is 19.0. The lowest BCUT2D eigenvalue weighted by Crippen LogP contribution is -2.42. The van der Waals surface area contributed by atoms with Gasteiger partial charge >= 0.3 is 12.0 Å². The average Bonchev–Trinajstić information content (AvgIpc) is 2.93. The van der Waals surface area contributed by atoms with Crippen LogP contribution in [0.15, 0.2) is 53.4 Å². The minimum absolute atomic E-state index is 0.00721. The number of carbonyl (C=O) groups is 3. The molecule has 1 fully saturated rings. The molecule has 1 aliphatic rings. The number of nitrogens with one attached hydrogen (secondary N) is 1. The monoisotopic (exact) mass is 507 g/mol. The van der Waals surface area contributed by atoms with Gasteiger partial charge in [0.15, 0.2) is 0 Å². The number of carboxylic acids is 1. The quantitative estimate of drug-likeness (QED) is 0.502. The second kappa shape index (κ2) is 9.73. The third-order valence-corrected chi connectivity index (χ3v) is 7.68. The number of likely N-dealkylation sites (N-methyl/N-ethyl adjacent to an activating group) is 1. The number of imide groups is 1. The van der Waals surface area contributed by atoms with Gasteiger partial charge in [0.25, 0.3) is 5.91 Å². The number of carboxylic acid groups (broad SMARTS) is 1. The lowest BCUT2D eigenvalue weighted by atomic mass is 10.0. The highest BCUT2D eigenvalue weighted by Gasteiger charge is 2.48. The van der Waals surface area contributed by atoms with Crippen LogP contribution in [0.1, 0.15) is 26.7 Å². The molecule has 1 aliphatic heterocycles. The number of benzene rings is 2. The molecule has 0 saturated carbocycles. The van der Waals surface area contributed by atoms with Crippen molar-refractivity contribution in [3.63, 3.8) is 0 Å². The van der Waals surface area contributed by atoms with Crippen molar-refractivity contribution in [2.75, 3.05) is 13.6 Å². The molecule has 3 amide bonds. The van der Waals surface area contributed by atoms with Crippen molar-refractivity contribution in [3.8, 4) is 11.1 Å². The van der Waals surface area contributed by atoms with E-state index in [1.807, 2.05) is 0 Å². The van der Waals surface area contributed by atoms with Gasteiger partial charge in [-0.2, -0.15) is 4.72 Å². The second-order valence-electron chi connectivity index (χ2n) is 8.54. The summed E-state index contributed by atoms with van der Waals surface area (Å²) in [5, 5.41) is 10.1. The van der Waals surface area contributed by atoms with Crippen LogP contribution in [0.2, 0.25) is 5.02 Å². The maximum absolute atomic E-state index is 12.8. The van der Waals surface area contributed by atoms with Crippen LogP contribution in [-0.4, -0.2) is 66.4 Å². The average molecular weight is 508 g/mol.